The second-order valence-electron chi connectivity index (χ2n) is 5.11. The maximum Gasteiger partial charge on any atom is 0.243 e. The second-order valence-corrected chi connectivity index (χ2v) is 6.67. The Bertz CT molecular complexity index is 823. The van der Waals surface area contributed by atoms with Gasteiger partial charge in [-0.15, -0.1) is 0 Å². The topological polar surface area (TPSA) is 92.5 Å². The minimum atomic E-state index is -3.77. The highest BCUT2D eigenvalue weighted by Crippen LogP contribution is 2.16. The van der Waals surface area contributed by atoms with Crippen molar-refractivity contribution in [1.82, 2.24) is 0 Å². The Morgan fingerprint density at radius 1 is 1.21 bits per heavy atom. The smallest absolute Gasteiger partial charge is 0.243 e. The summed E-state index contributed by atoms with van der Waals surface area (Å²) in [6.07, 6.45) is 0. The number of carbonyl (C=O) groups excluding carboxylic acids is 1. The van der Waals surface area contributed by atoms with Crippen LogP contribution in [0.4, 0.5) is 15.8 Å². The third-order valence-electron chi connectivity index (χ3n) is 3.36. The first-order valence-electron chi connectivity index (χ1n) is 7.23. The number of rotatable bonds is 6. The fourth-order valence-electron chi connectivity index (χ4n) is 2.16. The summed E-state index contributed by atoms with van der Waals surface area (Å²) >= 11 is 0. The quantitative estimate of drug-likeness (QED) is 0.832. The lowest BCUT2D eigenvalue weighted by Gasteiger charge is -2.22. The Labute approximate surface area is 140 Å². The Kier molecular flexibility index (Phi) is 5.53. The van der Waals surface area contributed by atoms with Gasteiger partial charge in [-0.25, -0.2) is 17.9 Å². The van der Waals surface area contributed by atoms with Crippen molar-refractivity contribution in [1.29, 1.82) is 0 Å². The summed E-state index contributed by atoms with van der Waals surface area (Å²) < 4.78 is 35.7. The van der Waals surface area contributed by atoms with E-state index >= 15 is 0 Å². The molecule has 0 spiro atoms. The number of halogens is 1. The van der Waals surface area contributed by atoms with Crippen molar-refractivity contribution in [3.05, 3.63) is 54.3 Å². The van der Waals surface area contributed by atoms with E-state index in [4.69, 9.17) is 5.14 Å². The molecule has 0 saturated heterocycles. The molecule has 24 heavy (non-hydrogen) atoms. The van der Waals surface area contributed by atoms with Gasteiger partial charge in [-0.05, 0) is 49.4 Å². The number of hydrogen-bond acceptors (Lipinski definition) is 4. The molecule has 0 radical (unpaired) electrons. The van der Waals surface area contributed by atoms with Gasteiger partial charge in [-0.2, -0.15) is 0 Å². The monoisotopic (exact) mass is 351 g/mol. The van der Waals surface area contributed by atoms with Crippen molar-refractivity contribution in [2.45, 2.75) is 11.8 Å². The summed E-state index contributed by atoms with van der Waals surface area (Å²) in [5.41, 5.74) is 1.06. The van der Waals surface area contributed by atoms with Crippen LogP contribution in [0.15, 0.2) is 53.4 Å². The molecule has 0 saturated carbocycles. The number of nitrogens with zero attached hydrogens (tertiary/aromatic N) is 1. The average Bonchev–Trinajstić information content (AvgIpc) is 2.52. The van der Waals surface area contributed by atoms with Crippen molar-refractivity contribution >= 4 is 27.3 Å². The number of nitrogens with one attached hydrogen (secondary N) is 1. The van der Waals surface area contributed by atoms with Gasteiger partial charge in [-0.1, -0.05) is 6.07 Å². The molecule has 0 aliphatic rings. The summed E-state index contributed by atoms with van der Waals surface area (Å²) in [5, 5.41) is 7.68. The normalized spacial score (nSPS) is 11.1. The molecular weight excluding hydrogens is 333 g/mol. The Morgan fingerprint density at radius 3 is 2.42 bits per heavy atom. The van der Waals surface area contributed by atoms with Crippen molar-refractivity contribution in [2.75, 3.05) is 23.3 Å². The highest BCUT2D eigenvalue weighted by molar-refractivity contribution is 7.89. The summed E-state index contributed by atoms with van der Waals surface area (Å²) in [5.74, 6) is -0.672. The van der Waals surface area contributed by atoms with Crippen molar-refractivity contribution < 1.29 is 17.6 Å². The fourth-order valence-corrected chi connectivity index (χ4v) is 2.68. The molecule has 6 nitrogen and oxygen atoms in total. The minimum absolute atomic E-state index is 0.0320. The molecule has 0 aliphatic carbocycles. The molecule has 2 aromatic carbocycles. The van der Waals surface area contributed by atoms with Gasteiger partial charge in [0.15, 0.2) is 0 Å². The van der Waals surface area contributed by atoms with E-state index in [1.807, 2.05) is 6.92 Å². The van der Waals surface area contributed by atoms with E-state index in [1.165, 1.54) is 36.4 Å². The van der Waals surface area contributed by atoms with Gasteiger partial charge in [0.05, 0.1) is 11.4 Å². The molecule has 0 aliphatic heterocycles. The predicted octanol–water partition coefficient (Wildman–Crippen LogP) is 1.94. The lowest BCUT2D eigenvalue weighted by molar-refractivity contribution is -0.115. The molecular formula is C16H18FN3O3S. The van der Waals surface area contributed by atoms with Crippen LogP contribution in [0.2, 0.25) is 0 Å². The molecule has 0 unspecified atom stereocenters. The zero-order valence-electron chi connectivity index (χ0n) is 13.1. The molecule has 2 aromatic rings. The van der Waals surface area contributed by atoms with Gasteiger partial charge in [-0.3, -0.25) is 4.79 Å². The average molecular weight is 351 g/mol. The first-order valence-corrected chi connectivity index (χ1v) is 8.77. The molecule has 128 valence electrons. The highest BCUT2D eigenvalue weighted by Gasteiger charge is 2.12. The summed E-state index contributed by atoms with van der Waals surface area (Å²) in [7, 11) is -3.77. The van der Waals surface area contributed by atoms with Gasteiger partial charge in [0.2, 0.25) is 15.9 Å². The van der Waals surface area contributed by atoms with E-state index in [2.05, 4.69) is 5.32 Å². The number of sulfonamides is 1. The molecule has 0 atom stereocenters. The Morgan fingerprint density at radius 2 is 1.88 bits per heavy atom. The third kappa shape index (κ3) is 4.77. The molecule has 0 fully saturated rings. The standard InChI is InChI=1S/C16H18FN3O3S/c1-2-20(14-5-3-4-12(17)10-14)11-16(21)19-13-6-8-15(9-7-13)24(18,22)23/h3-10H,2,11H2,1H3,(H,19,21)(H2,18,22,23). The van der Waals surface area contributed by atoms with E-state index in [0.717, 1.165) is 0 Å². The zero-order valence-corrected chi connectivity index (χ0v) is 13.9. The van der Waals surface area contributed by atoms with Crippen LogP contribution in [-0.4, -0.2) is 27.4 Å². The van der Waals surface area contributed by atoms with Gasteiger partial charge < -0.3 is 10.2 Å². The number of nitrogens with two attached hydrogens (primary N) is 1. The van der Waals surface area contributed by atoms with Crippen LogP contribution in [0.5, 0.6) is 0 Å². The third-order valence-corrected chi connectivity index (χ3v) is 4.29. The number of benzene rings is 2. The van der Waals surface area contributed by atoms with Crippen LogP contribution in [0.25, 0.3) is 0 Å². The van der Waals surface area contributed by atoms with Crippen molar-refractivity contribution in [3.63, 3.8) is 0 Å². The van der Waals surface area contributed by atoms with Gasteiger partial charge in [0, 0.05) is 17.9 Å². The van der Waals surface area contributed by atoms with Crippen molar-refractivity contribution in [3.8, 4) is 0 Å². The second kappa shape index (κ2) is 7.41. The van der Waals surface area contributed by atoms with Crippen LogP contribution < -0.4 is 15.4 Å². The number of likely N-dealkylation sites (N-methyl/N-ethyl adjacent to an activating group) is 1. The minimum Gasteiger partial charge on any atom is -0.362 e. The molecule has 0 bridgehead atoms. The van der Waals surface area contributed by atoms with Crippen LogP contribution >= 0.6 is 0 Å². The lowest BCUT2D eigenvalue weighted by Crippen LogP contribution is -2.33. The Hall–Kier alpha value is -2.45. The molecule has 8 heteroatoms. The number of anilines is 2. The maximum absolute atomic E-state index is 13.3. The summed E-state index contributed by atoms with van der Waals surface area (Å²) in [6.45, 7) is 2.43. The van der Waals surface area contributed by atoms with Crippen LogP contribution in [0.3, 0.4) is 0 Å². The van der Waals surface area contributed by atoms with E-state index in [0.29, 0.717) is 17.9 Å². The predicted molar refractivity (Wildman–Crippen MR) is 90.7 cm³/mol. The summed E-state index contributed by atoms with van der Waals surface area (Å²) in [4.78, 5) is 13.8. The van der Waals surface area contributed by atoms with E-state index in [9.17, 15) is 17.6 Å². The van der Waals surface area contributed by atoms with Gasteiger partial charge in [0.25, 0.3) is 0 Å². The van der Waals surface area contributed by atoms with Crippen LogP contribution in [0.1, 0.15) is 6.92 Å². The maximum atomic E-state index is 13.3. The Balaban J connectivity index is 2.04. The van der Waals surface area contributed by atoms with E-state index < -0.39 is 10.0 Å². The molecule has 1 amide bonds. The number of hydrogen-bond donors (Lipinski definition) is 2. The molecule has 0 heterocycles. The van der Waals surface area contributed by atoms with Crippen LogP contribution in [-0.2, 0) is 14.8 Å². The van der Waals surface area contributed by atoms with E-state index in [-0.39, 0.29) is 23.2 Å². The molecule has 2 rings (SSSR count). The largest absolute Gasteiger partial charge is 0.362 e. The number of primary sulfonamides is 1. The molecule has 0 aromatic heterocycles. The lowest BCUT2D eigenvalue weighted by atomic mass is 10.2. The highest BCUT2D eigenvalue weighted by atomic mass is 32.2. The van der Waals surface area contributed by atoms with Crippen molar-refractivity contribution in [2.24, 2.45) is 5.14 Å². The fraction of sp³-hybridized carbons (Fsp3) is 0.188. The first-order chi connectivity index (χ1) is 11.3. The number of carbonyl (C=O) groups is 1. The van der Waals surface area contributed by atoms with Gasteiger partial charge in [0.1, 0.15) is 5.82 Å². The summed E-state index contributed by atoms with van der Waals surface area (Å²) in [6, 6.07) is 11.5. The zero-order chi connectivity index (χ0) is 17.7. The van der Waals surface area contributed by atoms with Gasteiger partial charge >= 0.3 is 0 Å². The first kappa shape index (κ1) is 17.9. The molecule has 3 N–H and O–H groups in total. The SMILES string of the molecule is CCN(CC(=O)Nc1ccc(S(N)(=O)=O)cc1)c1cccc(F)c1. The number of amides is 1. The van der Waals surface area contributed by atoms with Crippen LogP contribution in [0, 0.1) is 5.82 Å². The van der Waals surface area contributed by atoms with E-state index in [1.54, 1.807) is 17.0 Å².